The Morgan fingerprint density at radius 2 is 2.29 bits per heavy atom. The molecule has 1 saturated heterocycles. The molecule has 0 aliphatic carbocycles. The molecule has 2 aromatic rings. The zero-order valence-electron chi connectivity index (χ0n) is 12.5. The summed E-state index contributed by atoms with van der Waals surface area (Å²) in [7, 11) is 0. The highest BCUT2D eigenvalue weighted by atomic mass is 16.5. The van der Waals surface area contributed by atoms with Crippen molar-refractivity contribution < 1.29 is 4.74 Å². The van der Waals surface area contributed by atoms with Gasteiger partial charge in [0.1, 0.15) is 0 Å². The summed E-state index contributed by atoms with van der Waals surface area (Å²) in [5.41, 5.74) is 8.83. The monoisotopic (exact) mass is 287 g/mol. The van der Waals surface area contributed by atoms with Crippen molar-refractivity contribution in [2.45, 2.75) is 39.3 Å². The molecule has 0 bridgehead atoms. The van der Waals surface area contributed by atoms with Crippen LogP contribution in [0.2, 0.25) is 0 Å². The minimum absolute atomic E-state index is 0.302. The summed E-state index contributed by atoms with van der Waals surface area (Å²) < 4.78 is 7.61. The van der Waals surface area contributed by atoms with Crippen LogP contribution in [0.15, 0.2) is 18.2 Å². The minimum Gasteiger partial charge on any atom is -0.398 e. The van der Waals surface area contributed by atoms with Gasteiger partial charge in [-0.15, -0.1) is 5.10 Å². The number of nitrogens with zero attached hydrogens (tertiary/aromatic N) is 4. The molecule has 112 valence electrons. The molecular weight excluding hydrogens is 266 g/mol. The Hall–Kier alpha value is -1.95. The molecule has 1 aromatic heterocycles. The van der Waals surface area contributed by atoms with E-state index in [0.717, 1.165) is 42.9 Å². The second kappa shape index (κ2) is 5.81. The number of nitrogens with two attached hydrogens (primary N) is 1. The number of benzene rings is 1. The van der Waals surface area contributed by atoms with Gasteiger partial charge < -0.3 is 10.5 Å². The molecule has 0 spiro atoms. The predicted octanol–water partition coefficient (Wildman–Crippen LogP) is 2.05. The smallest absolute Gasteiger partial charge is 0.184 e. The third kappa shape index (κ3) is 2.63. The van der Waals surface area contributed by atoms with Crippen LogP contribution in [-0.4, -0.2) is 32.9 Å². The van der Waals surface area contributed by atoms with E-state index >= 15 is 0 Å². The van der Waals surface area contributed by atoms with Gasteiger partial charge in [0.15, 0.2) is 5.82 Å². The summed E-state index contributed by atoms with van der Waals surface area (Å²) in [4.78, 5) is 0. The molecule has 0 amide bonds. The summed E-state index contributed by atoms with van der Waals surface area (Å²) in [5, 5.41) is 12.2. The Morgan fingerprint density at radius 1 is 1.43 bits per heavy atom. The molecule has 6 heteroatoms. The van der Waals surface area contributed by atoms with Crippen molar-refractivity contribution in [1.82, 2.24) is 20.2 Å². The number of hydrogen-bond donors (Lipinski definition) is 1. The van der Waals surface area contributed by atoms with Crippen LogP contribution in [0, 0.1) is 12.8 Å². The number of anilines is 1. The van der Waals surface area contributed by atoms with Crippen LogP contribution < -0.4 is 5.73 Å². The van der Waals surface area contributed by atoms with E-state index in [0.29, 0.717) is 17.7 Å². The first kappa shape index (κ1) is 14.0. The van der Waals surface area contributed by atoms with Crippen molar-refractivity contribution in [3.63, 3.8) is 0 Å². The van der Waals surface area contributed by atoms with Gasteiger partial charge in [0.2, 0.25) is 0 Å². The molecule has 0 saturated carbocycles. The van der Waals surface area contributed by atoms with Crippen LogP contribution in [0.1, 0.15) is 25.3 Å². The summed E-state index contributed by atoms with van der Waals surface area (Å²) >= 11 is 0. The highest BCUT2D eigenvalue weighted by molar-refractivity contribution is 5.74. The topological polar surface area (TPSA) is 78.8 Å². The van der Waals surface area contributed by atoms with Gasteiger partial charge in [0.05, 0.1) is 12.6 Å². The van der Waals surface area contributed by atoms with E-state index in [-0.39, 0.29) is 0 Å². The number of aryl methyl sites for hydroxylation is 1. The molecule has 1 aliphatic heterocycles. The normalized spacial score (nSPS) is 21.8. The van der Waals surface area contributed by atoms with Crippen molar-refractivity contribution in [3.8, 4) is 11.4 Å². The average molecular weight is 287 g/mol. The predicted molar refractivity (Wildman–Crippen MR) is 80.5 cm³/mol. The van der Waals surface area contributed by atoms with E-state index in [1.54, 1.807) is 0 Å². The first-order valence-corrected chi connectivity index (χ1v) is 7.44. The van der Waals surface area contributed by atoms with Gasteiger partial charge in [-0.05, 0) is 41.8 Å². The number of aromatic nitrogens is 4. The van der Waals surface area contributed by atoms with Crippen LogP contribution in [-0.2, 0) is 11.3 Å². The van der Waals surface area contributed by atoms with Gasteiger partial charge in [-0.1, -0.05) is 19.1 Å². The molecule has 2 N–H and O–H groups in total. The zero-order valence-corrected chi connectivity index (χ0v) is 12.5. The van der Waals surface area contributed by atoms with Crippen molar-refractivity contribution in [3.05, 3.63) is 23.8 Å². The third-order valence-electron chi connectivity index (χ3n) is 4.22. The summed E-state index contributed by atoms with van der Waals surface area (Å²) in [6.07, 6.45) is 2.38. The number of rotatable bonds is 4. The number of ether oxygens (including phenoxy) is 1. The van der Waals surface area contributed by atoms with Crippen LogP contribution in [0.5, 0.6) is 0 Å². The molecule has 0 radical (unpaired) electrons. The van der Waals surface area contributed by atoms with Gasteiger partial charge in [-0.2, -0.15) is 0 Å². The first-order valence-electron chi connectivity index (χ1n) is 7.44. The second-order valence-corrected chi connectivity index (χ2v) is 5.59. The van der Waals surface area contributed by atoms with E-state index < -0.39 is 0 Å². The van der Waals surface area contributed by atoms with Crippen LogP contribution >= 0.6 is 0 Å². The lowest BCUT2D eigenvalue weighted by molar-refractivity contribution is 0.0825. The van der Waals surface area contributed by atoms with Crippen molar-refractivity contribution in [2.75, 3.05) is 12.3 Å². The van der Waals surface area contributed by atoms with E-state index in [9.17, 15) is 0 Å². The zero-order chi connectivity index (χ0) is 14.8. The van der Waals surface area contributed by atoms with Gasteiger partial charge >= 0.3 is 0 Å². The molecule has 2 atom stereocenters. The Kier molecular flexibility index (Phi) is 3.88. The summed E-state index contributed by atoms with van der Waals surface area (Å²) in [6, 6.07) is 5.85. The summed E-state index contributed by atoms with van der Waals surface area (Å²) in [6.45, 7) is 5.78. The lowest BCUT2D eigenvalue weighted by Gasteiger charge is -2.17. The fourth-order valence-electron chi connectivity index (χ4n) is 3.08. The maximum atomic E-state index is 6.11. The number of tetrazole rings is 1. The fourth-order valence-corrected chi connectivity index (χ4v) is 3.08. The lowest BCUT2D eigenvalue weighted by atomic mass is 9.99. The Labute approximate surface area is 124 Å². The SMILES string of the molecule is CCC1OCCC1Cn1nnnc1-c1c(C)cccc1N. The van der Waals surface area contributed by atoms with Crippen molar-refractivity contribution in [1.29, 1.82) is 0 Å². The molecule has 6 nitrogen and oxygen atoms in total. The summed E-state index contributed by atoms with van der Waals surface area (Å²) in [5.74, 6) is 1.20. The standard InChI is InChI=1S/C15H21N5O/c1-3-13-11(7-8-21-13)9-20-15(17-18-19-20)14-10(2)5-4-6-12(14)16/h4-6,11,13H,3,7-9,16H2,1-2H3. The second-order valence-electron chi connectivity index (χ2n) is 5.59. The molecule has 2 unspecified atom stereocenters. The maximum absolute atomic E-state index is 6.11. The Balaban J connectivity index is 1.91. The largest absolute Gasteiger partial charge is 0.398 e. The van der Waals surface area contributed by atoms with E-state index in [1.807, 2.05) is 29.8 Å². The Morgan fingerprint density at radius 3 is 3.05 bits per heavy atom. The third-order valence-corrected chi connectivity index (χ3v) is 4.22. The van der Waals surface area contributed by atoms with E-state index in [2.05, 4.69) is 22.4 Å². The average Bonchev–Trinajstić information content (AvgIpc) is 3.09. The van der Waals surface area contributed by atoms with Crippen molar-refractivity contribution in [2.24, 2.45) is 5.92 Å². The quantitative estimate of drug-likeness (QED) is 0.871. The highest BCUT2D eigenvalue weighted by Crippen LogP contribution is 2.30. The highest BCUT2D eigenvalue weighted by Gasteiger charge is 2.28. The van der Waals surface area contributed by atoms with Crippen LogP contribution in [0.25, 0.3) is 11.4 Å². The van der Waals surface area contributed by atoms with E-state index in [1.165, 1.54) is 0 Å². The maximum Gasteiger partial charge on any atom is 0.184 e. The van der Waals surface area contributed by atoms with Gasteiger partial charge in [-0.25, -0.2) is 4.68 Å². The van der Waals surface area contributed by atoms with Crippen molar-refractivity contribution >= 4 is 5.69 Å². The van der Waals surface area contributed by atoms with Crippen LogP contribution in [0.4, 0.5) is 5.69 Å². The molecule has 1 aliphatic rings. The molecule has 1 fully saturated rings. The van der Waals surface area contributed by atoms with Gasteiger partial charge in [-0.3, -0.25) is 0 Å². The minimum atomic E-state index is 0.302. The fraction of sp³-hybridized carbons (Fsp3) is 0.533. The molecule has 21 heavy (non-hydrogen) atoms. The van der Waals surface area contributed by atoms with Crippen LogP contribution in [0.3, 0.4) is 0 Å². The number of nitrogen functional groups attached to an aromatic ring is 1. The number of hydrogen-bond acceptors (Lipinski definition) is 5. The first-order chi connectivity index (χ1) is 10.2. The van der Waals surface area contributed by atoms with Gasteiger partial charge in [0.25, 0.3) is 0 Å². The lowest BCUT2D eigenvalue weighted by Crippen LogP contribution is -2.21. The molecule has 2 heterocycles. The molecule has 1 aromatic carbocycles. The molecule has 3 rings (SSSR count). The Bertz CT molecular complexity index is 604. The van der Waals surface area contributed by atoms with Gasteiger partial charge in [0, 0.05) is 23.8 Å². The van der Waals surface area contributed by atoms with E-state index in [4.69, 9.17) is 10.5 Å². The molecular formula is C15H21N5O.